The highest BCUT2D eigenvalue weighted by Crippen LogP contribution is 2.45. The first-order valence-corrected chi connectivity index (χ1v) is 11.4. The van der Waals surface area contributed by atoms with Crippen molar-refractivity contribution in [1.82, 2.24) is 19.6 Å². The third-order valence-electron chi connectivity index (χ3n) is 6.09. The van der Waals surface area contributed by atoms with Gasteiger partial charge in [-0.25, -0.2) is 9.97 Å². The lowest BCUT2D eigenvalue weighted by Crippen LogP contribution is -2.38. The molecule has 1 saturated carbocycles. The fourth-order valence-electron chi connectivity index (χ4n) is 4.73. The Hall–Kier alpha value is -1.54. The number of aromatic nitrogens is 4. The molecule has 2 aliphatic rings. The lowest BCUT2D eigenvalue weighted by Gasteiger charge is -2.36. The molecule has 9 heteroatoms. The normalized spacial score (nSPS) is 24.7. The van der Waals surface area contributed by atoms with Gasteiger partial charge in [0, 0.05) is 30.2 Å². The van der Waals surface area contributed by atoms with Gasteiger partial charge in [0.05, 0.1) is 14.9 Å². The summed E-state index contributed by atoms with van der Waals surface area (Å²) in [6, 6.07) is 5.93. The Morgan fingerprint density at radius 2 is 2.07 bits per heavy atom. The molecule has 1 aromatic carbocycles. The van der Waals surface area contributed by atoms with Crippen LogP contribution in [0.5, 0.6) is 0 Å². The van der Waals surface area contributed by atoms with Crippen molar-refractivity contribution in [2.75, 3.05) is 18.0 Å². The number of fused-ring (bicyclic) bond motifs is 1. The summed E-state index contributed by atoms with van der Waals surface area (Å²) in [6.07, 6.45) is 9.31. The molecule has 5 rings (SSSR count). The molecule has 1 aliphatic heterocycles. The molecule has 1 spiro atoms. The van der Waals surface area contributed by atoms with Gasteiger partial charge in [-0.1, -0.05) is 47.5 Å². The molecule has 0 radical (unpaired) electrons. The molecule has 6 nitrogen and oxygen atoms in total. The SMILES string of the molecule is NC1CCCC2(CCN(c3ncc(Sc4cccc(Cl)c4Cl)c4ncnn34)C2)C1. The maximum absolute atomic E-state index is 6.36. The van der Waals surface area contributed by atoms with E-state index in [1.54, 1.807) is 12.4 Å². The Kier molecular flexibility index (Phi) is 5.10. The first kappa shape index (κ1) is 19.4. The van der Waals surface area contributed by atoms with E-state index in [9.17, 15) is 0 Å². The van der Waals surface area contributed by atoms with Crippen molar-refractivity contribution in [3.05, 3.63) is 40.8 Å². The average molecular weight is 449 g/mol. The zero-order chi connectivity index (χ0) is 20.0. The van der Waals surface area contributed by atoms with E-state index in [0.717, 1.165) is 53.7 Å². The van der Waals surface area contributed by atoms with E-state index in [1.807, 2.05) is 22.8 Å². The number of anilines is 1. The predicted molar refractivity (Wildman–Crippen MR) is 117 cm³/mol. The average Bonchev–Trinajstić information content (AvgIpc) is 3.34. The van der Waals surface area contributed by atoms with Crippen LogP contribution >= 0.6 is 35.0 Å². The van der Waals surface area contributed by atoms with E-state index in [0.29, 0.717) is 21.5 Å². The van der Waals surface area contributed by atoms with Gasteiger partial charge in [0.15, 0.2) is 5.65 Å². The van der Waals surface area contributed by atoms with E-state index >= 15 is 0 Å². The summed E-state index contributed by atoms with van der Waals surface area (Å²) in [5.41, 5.74) is 7.37. The molecule has 3 heterocycles. The maximum Gasteiger partial charge on any atom is 0.228 e. The van der Waals surface area contributed by atoms with E-state index in [1.165, 1.54) is 24.6 Å². The minimum atomic E-state index is 0.313. The highest BCUT2D eigenvalue weighted by molar-refractivity contribution is 7.99. The molecule has 1 saturated heterocycles. The van der Waals surface area contributed by atoms with Crippen molar-refractivity contribution < 1.29 is 0 Å². The number of nitrogens with zero attached hydrogens (tertiary/aromatic N) is 5. The molecule has 0 amide bonds. The third kappa shape index (κ3) is 3.58. The van der Waals surface area contributed by atoms with Crippen molar-refractivity contribution >= 4 is 46.6 Å². The topological polar surface area (TPSA) is 72.3 Å². The molecule has 2 unspecified atom stereocenters. The molecule has 2 aromatic heterocycles. The second kappa shape index (κ2) is 7.61. The van der Waals surface area contributed by atoms with Crippen LogP contribution in [0.4, 0.5) is 5.95 Å². The fourth-order valence-corrected chi connectivity index (χ4v) is 6.12. The highest BCUT2D eigenvalue weighted by Gasteiger charge is 2.42. The zero-order valence-electron chi connectivity index (χ0n) is 15.9. The summed E-state index contributed by atoms with van der Waals surface area (Å²) in [6.45, 7) is 1.95. The van der Waals surface area contributed by atoms with Crippen molar-refractivity contribution in [3.8, 4) is 0 Å². The molecule has 2 fully saturated rings. The van der Waals surface area contributed by atoms with Gasteiger partial charge >= 0.3 is 0 Å². The van der Waals surface area contributed by atoms with Crippen LogP contribution in [0.1, 0.15) is 32.1 Å². The minimum absolute atomic E-state index is 0.313. The molecular weight excluding hydrogens is 427 g/mol. The summed E-state index contributed by atoms with van der Waals surface area (Å²) >= 11 is 14.0. The Morgan fingerprint density at radius 1 is 1.17 bits per heavy atom. The molecule has 0 bridgehead atoms. The number of nitrogens with two attached hydrogens (primary N) is 1. The molecule has 2 atom stereocenters. The molecular formula is C20H22Cl2N6S. The Labute approximate surface area is 183 Å². The molecule has 3 aromatic rings. The maximum atomic E-state index is 6.36. The van der Waals surface area contributed by atoms with Crippen molar-refractivity contribution in [1.29, 1.82) is 0 Å². The predicted octanol–water partition coefficient (Wildman–Crippen LogP) is 4.68. The number of rotatable bonds is 3. The van der Waals surface area contributed by atoms with Crippen LogP contribution in [0.3, 0.4) is 0 Å². The van der Waals surface area contributed by atoms with Gasteiger partial charge in [-0.3, -0.25) is 0 Å². The number of hydrogen-bond donors (Lipinski definition) is 1. The monoisotopic (exact) mass is 448 g/mol. The molecule has 29 heavy (non-hydrogen) atoms. The summed E-state index contributed by atoms with van der Waals surface area (Å²) in [7, 11) is 0. The summed E-state index contributed by atoms with van der Waals surface area (Å²) in [4.78, 5) is 13.3. The summed E-state index contributed by atoms with van der Waals surface area (Å²) in [5.74, 6) is 0.843. The Morgan fingerprint density at radius 3 is 2.93 bits per heavy atom. The summed E-state index contributed by atoms with van der Waals surface area (Å²) in [5, 5.41) is 5.53. The van der Waals surface area contributed by atoms with Gasteiger partial charge in [0.25, 0.3) is 0 Å². The van der Waals surface area contributed by atoms with Crippen LogP contribution in [-0.2, 0) is 0 Å². The Balaban J connectivity index is 1.45. The van der Waals surface area contributed by atoms with Gasteiger partial charge in [-0.2, -0.15) is 9.61 Å². The lowest BCUT2D eigenvalue weighted by atomic mass is 9.72. The van der Waals surface area contributed by atoms with Gasteiger partial charge in [0.1, 0.15) is 6.33 Å². The first-order valence-electron chi connectivity index (χ1n) is 9.86. The number of benzene rings is 1. The quantitative estimate of drug-likeness (QED) is 0.626. The van der Waals surface area contributed by atoms with Crippen LogP contribution < -0.4 is 10.6 Å². The van der Waals surface area contributed by atoms with Crippen LogP contribution in [0.25, 0.3) is 5.65 Å². The largest absolute Gasteiger partial charge is 0.340 e. The Bertz CT molecular complexity index is 1060. The van der Waals surface area contributed by atoms with Gasteiger partial charge in [0.2, 0.25) is 5.95 Å². The number of hydrogen-bond acceptors (Lipinski definition) is 6. The highest BCUT2D eigenvalue weighted by atomic mass is 35.5. The second-order valence-electron chi connectivity index (χ2n) is 8.10. The number of halogens is 2. The minimum Gasteiger partial charge on any atom is -0.340 e. The third-order valence-corrected chi connectivity index (χ3v) is 8.09. The fraction of sp³-hybridized carbons (Fsp3) is 0.450. The van der Waals surface area contributed by atoms with Gasteiger partial charge in [-0.15, -0.1) is 0 Å². The standard InChI is InChI=1S/C20H22Cl2N6S/c21-14-4-1-5-15(17(14)22)29-16-10-24-19(28-18(16)25-12-26-28)27-8-7-20(11-27)6-2-3-13(23)9-20/h1,4-5,10,12-13H,2-3,6-9,11,23H2. The van der Waals surface area contributed by atoms with Gasteiger partial charge in [-0.05, 0) is 43.2 Å². The van der Waals surface area contributed by atoms with Crippen LogP contribution in [0.2, 0.25) is 10.0 Å². The van der Waals surface area contributed by atoms with E-state index in [2.05, 4.69) is 15.0 Å². The van der Waals surface area contributed by atoms with E-state index in [-0.39, 0.29) is 0 Å². The molecule has 1 aliphatic carbocycles. The van der Waals surface area contributed by atoms with E-state index < -0.39 is 0 Å². The van der Waals surface area contributed by atoms with Crippen molar-refractivity contribution in [3.63, 3.8) is 0 Å². The molecule has 152 valence electrons. The smallest absolute Gasteiger partial charge is 0.228 e. The van der Waals surface area contributed by atoms with E-state index in [4.69, 9.17) is 33.9 Å². The van der Waals surface area contributed by atoms with Crippen LogP contribution in [0, 0.1) is 5.41 Å². The lowest BCUT2D eigenvalue weighted by molar-refractivity contribution is 0.198. The van der Waals surface area contributed by atoms with Crippen LogP contribution in [0.15, 0.2) is 40.5 Å². The first-order chi connectivity index (χ1) is 14.0. The van der Waals surface area contributed by atoms with Crippen molar-refractivity contribution in [2.24, 2.45) is 11.1 Å². The van der Waals surface area contributed by atoms with Crippen molar-refractivity contribution in [2.45, 2.75) is 47.9 Å². The second-order valence-corrected chi connectivity index (χ2v) is 9.97. The van der Waals surface area contributed by atoms with Crippen LogP contribution in [-0.4, -0.2) is 38.7 Å². The summed E-state index contributed by atoms with van der Waals surface area (Å²) < 4.78 is 1.84. The zero-order valence-corrected chi connectivity index (χ0v) is 18.2. The molecule has 2 N–H and O–H groups in total. The van der Waals surface area contributed by atoms with Gasteiger partial charge < -0.3 is 10.6 Å².